The van der Waals surface area contributed by atoms with Crippen molar-refractivity contribution in [3.8, 4) is 0 Å². The summed E-state index contributed by atoms with van der Waals surface area (Å²) in [5.74, 6) is 0.138. The summed E-state index contributed by atoms with van der Waals surface area (Å²) in [6.45, 7) is 1.93. The van der Waals surface area contributed by atoms with Crippen molar-refractivity contribution < 1.29 is 4.79 Å². The van der Waals surface area contributed by atoms with Gasteiger partial charge in [0.1, 0.15) is 0 Å². The average molecular weight is 299 g/mol. The fourth-order valence-corrected chi connectivity index (χ4v) is 2.87. The van der Waals surface area contributed by atoms with Crippen molar-refractivity contribution in [3.05, 3.63) is 38.3 Å². The molecule has 0 amide bonds. The number of carbonyl (C=O) groups is 1. The van der Waals surface area contributed by atoms with Crippen molar-refractivity contribution in [1.82, 2.24) is 9.78 Å². The predicted molar refractivity (Wildman–Crippen MR) is 68.0 cm³/mol. The van der Waals surface area contributed by atoms with Gasteiger partial charge < -0.3 is 0 Å². The van der Waals surface area contributed by atoms with Gasteiger partial charge in [0, 0.05) is 12.7 Å². The lowest BCUT2D eigenvalue weighted by Crippen LogP contribution is -2.06. The zero-order valence-corrected chi connectivity index (χ0v) is 11.4. The molecule has 0 unspecified atom stereocenters. The van der Waals surface area contributed by atoms with E-state index in [4.69, 9.17) is 0 Å². The quantitative estimate of drug-likeness (QED) is 0.817. The van der Waals surface area contributed by atoms with Crippen molar-refractivity contribution in [2.75, 3.05) is 0 Å². The van der Waals surface area contributed by atoms with Gasteiger partial charge in [-0.15, -0.1) is 11.3 Å². The Kier molecular flexibility index (Phi) is 3.25. The maximum absolute atomic E-state index is 11.9. The number of aromatic nitrogens is 2. The second-order valence-corrected chi connectivity index (χ2v) is 6.07. The minimum Gasteiger partial charge on any atom is -0.293 e. The Morgan fingerprint density at radius 2 is 2.31 bits per heavy atom. The molecule has 0 aliphatic rings. The molecule has 0 saturated heterocycles. The number of nitrogens with zero attached hydrogens (tertiary/aromatic N) is 2. The van der Waals surface area contributed by atoms with Crippen molar-refractivity contribution in [1.29, 1.82) is 0 Å². The van der Waals surface area contributed by atoms with Gasteiger partial charge >= 0.3 is 0 Å². The van der Waals surface area contributed by atoms with Gasteiger partial charge in [0.25, 0.3) is 0 Å². The minimum absolute atomic E-state index is 0.138. The molecule has 0 aliphatic heterocycles. The van der Waals surface area contributed by atoms with E-state index in [1.807, 2.05) is 32.2 Å². The van der Waals surface area contributed by atoms with Gasteiger partial charge in [-0.05, 0) is 41.1 Å². The lowest BCUT2D eigenvalue weighted by molar-refractivity contribution is 0.0994. The SMILES string of the molecule is Cc1cc(CC(=O)c2ccc(Br)s2)n(C)n1. The highest BCUT2D eigenvalue weighted by molar-refractivity contribution is 9.11. The minimum atomic E-state index is 0.138. The largest absolute Gasteiger partial charge is 0.293 e. The number of hydrogen-bond donors (Lipinski definition) is 0. The van der Waals surface area contributed by atoms with Gasteiger partial charge in [-0.3, -0.25) is 9.48 Å². The maximum Gasteiger partial charge on any atom is 0.178 e. The first-order valence-corrected chi connectivity index (χ1v) is 6.45. The topological polar surface area (TPSA) is 34.9 Å². The summed E-state index contributed by atoms with van der Waals surface area (Å²) in [6.07, 6.45) is 0.407. The van der Waals surface area contributed by atoms with Crippen molar-refractivity contribution in [3.63, 3.8) is 0 Å². The van der Waals surface area contributed by atoms with Crippen LogP contribution in [0.2, 0.25) is 0 Å². The van der Waals surface area contributed by atoms with E-state index in [1.165, 1.54) is 11.3 Å². The molecule has 0 atom stereocenters. The van der Waals surface area contributed by atoms with Crippen LogP contribution in [0.4, 0.5) is 0 Å². The molecule has 84 valence electrons. The third-order valence-electron chi connectivity index (χ3n) is 2.29. The fourth-order valence-electron chi connectivity index (χ4n) is 1.55. The highest BCUT2D eigenvalue weighted by Gasteiger charge is 2.12. The lowest BCUT2D eigenvalue weighted by Gasteiger charge is -1.99. The monoisotopic (exact) mass is 298 g/mol. The van der Waals surface area contributed by atoms with Crippen molar-refractivity contribution in [2.45, 2.75) is 13.3 Å². The molecule has 2 heterocycles. The van der Waals surface area contributed by atoms with Gasteiger partial charge in [-0.2, -0.15) is 5.10 Å². The summed E-state index contributed by atoms with van der Waals surface area (Å²) in [5.41, 5.74) is 1.89. The molecule has 2 rings (SSSR count). The summed E-state index contributed by atoms with van der Waals surface area (Å²) in [7, 11) is 1.86. The molecule has 0 aromatic carbocycles. The standard InChI is InChI=1S/C11H11BrN2OS/c1-7-5-8(14(2)13-7)6-9(15)10-3-4-11(12)16-10/h3-5H,6H2,1-2H3. The number of aryl methyl sites for hydroxylation is 2. The van der Waals surface area contributed by atoms with Crippen LogP contribution in [0.15, 0.2) is 22.0 Å². The zero-order chi connectivity index (χ0) is 11.7. The van der Waals surface area contributed by atoms with Crippen LogP contribution in [0, 0.1) is 6.92 Å². The molecule has 2 aromatic heterocycles. The van der Waals surface area contributed by atoms with Gasteiger partial charge in [0.05, 0.1) is 20.8 Å². The van der Waals surface area contributed by atoms with Crippen LogP contribution in [0.1, 0.15) is 21.1 Å². The summed E-state index contributed by atoms with van der Waals surface area (Å²) < 4.78 is 2.74. The summed E-state index contributed by atoms with van der Waals surface area (Å²) >= 11 is 4.82. The zero-order valence-electron chi connectivity index (χ0n) is 9.03. The van der Waals surface area contributed by atoms with Crippen LogP contribution in [-0.4, -0.2) is 15.6 Å². The van der Waals surface area contributed by atoms with E-state index in [-0.39, 0.29) is 5.78 Å². The lowest BCUT2D eigenvalue weighted by atomic mass is 10.2. The third kappa shape index (κ3) is 2.41. The Morgan fingerprint density at radius 3 is 2.81 bits per heavy atom. The maximum atomic E-state index is 11.9. The third-order valence-corrected chi connectivity index (χ3v) is 3.95. The predicted octanol–water partition coefficient (Wildman–Crippen LogP) is 2.98. The van der Waals surface area contributed by atoms with Crippen LogP contribution < -0.4 is 0 Å². The number of Topliss-reactive ketones (excluding diaryl/α,β-unsaturated/α-hetero) is 1. The molecular weight excluding hydrogens is 288 g/mol. The van der Waals surface area contributed by atoms with Crippen LogP contribution in [-0.2, 0) is 13.5 Å². The summed E-state index contributed by atoms with van der Waals surface area (Å²) in [6, 6.07) is 5.69. The second-order valence-electron chi connectivity index (χ2n) is 3.60. The molecule has 5 heteroatoms. The molecule has 0 aliphatic carbocycles. The Labute approximate surface area is 106 Å². The summed E-state index contributed by atoms with van der Waals surface area (Å²) in [4.78, 5) is 12.7. The normalized spacial score (nSPS) is 10.7. The molecule has 0 radical (unpaired) electrons. The Bertz CT molecular complexity index is 530. The first kappa shape index (κ1) is 11.5. The smallest absolute Gasteiger partial charge is 0.178 e. The Hall–Kier alpha value is -0.940. The van der Waals surface area contributed by atoms with E-state index in [2.05, 4.69) is 21.0 Å². The average Bonchev–Trinajstić information content (AvgIpc) is 2.74. The number of rotatable bonds is 3. The van der Waals surface area contributed by atoms with E-state index < -0.39 is 0 Å². The molecule has 0 spiro atoms. The van der Waals surface area contributed by atoms with Crippen molar-refractivity contribution >= 4 is 33.0 Å². The van der Waals surface area contributed by atoms with E-state index in [0.717, 1.165) is 20.1 Å². The Morgan fingerprint density at radius 1 is 1.56 bits per heavy atom. The van der Waals surface area contributed by atoms with Gasteiger partial charge in [0.2, 0.25) is 0 Å². The van der Waals surface area contributed by atoms with Gasteiger partial charge in [-0.1, -0.05) is 0 Å². The molecule has 0 fully saturated rings. The van der Waals surface area contributed by atoms with Gasteiger partial charge in [0.15, 0.2) is 5.78 Å². The van der Waals surface area contributed by atoms with Crippen LogP contribution in [0.3, 0.4) is 0 Å². The molecule has 2 aromatic rings. The molecule has 0 N–H and O–H groups in total. The number of ketones is 1. The fraction of sp³-hybridized carbons (Fsp3) is 0.273. The molecule has 3 nitrogen and oxygen atoms in total. The summed E-state index contributed by atoms with van der Waals surface area (Å²) in [5, 5.41) is 4.22. The number of carbonyl (C=O) groups excluding carboxylic acids is 1. The van der Waals surface area contributed by atoms with E-state index in [9.17, 15) is 4.79 Å². The number of halogens is 1. The van der Waals surface area contributed by atoms with Crippen LogP contribution >= 0.6 is 27.3 Å². The van der Waals surface area contributed by atoms with E-state index in [1.54, 1.807) is 4.68 Å². The molecule has 16 heavy (non-hydrogen) atoms. The number of hydrogen-bond acceptors (Lipinski definition) is 3. The number of thiophene rings is 1. The Balaban J connectivity index is 2.16. The molecule has 0 saturated carbocycles. The van der Waals surface area contributed by atoms with E-state index >= 15 is 0 Å². The highest BCUT2D eigenvalue weighted by atomic mass is 79.9. The van der Waals surface area contributed by atoms with Gasteiger partial charge in [-0.25, -0.2) is 0 Å². The van der Waals surface area contributed by atoms with Crippen molar-refractivity contribution in [2.24, 2.45) is 7.05 Å². The second kappa shape index (κ2) is 4.51. The van der Waals surface area contributed by atoms with Crippen LogP contribution in [0.5, 0.6) is 0 Å². The highest BCUT2D eigenvalue weighted by Crippen LogP contribution is 2.23. The van der Waals surface area contributed by atoms with Crippen LogP contribution in [0.25, 0.3) is 0 Å². The van der Waals surface area contributed by atoms with E-state index in [0.29, 0.717) is 6.42 Å². The molecule has 0 bridgehead atoms. The first-order chi connectivity index (χ1) is 7.56. The first-order valence-electron chi connectivity index (χ1n) is 4.84. The molecular formula is C11H11BrN2OS.